The molecule has 4 nitrogen and oxygen atoms in total. The van der Waals surface area contributed by atoms with Gasteiger partial charge in [0.2, 0.25) is 0 Å². The first-order valence-corrected chi connectivity index (χ1v) is 8.73. The largest absolute Gasteiger partial charge is 0.309 e. The predicted molar refractivity (Wildman–Crippen MR) is 86.1 cm³/mol. The molecular formula is C15H20IN3O. The van der Waals surface area contributed by atoms with E-state index in [1.165, 1.54) is 25.7 Å². The number of halogens is 1. The van der Waals surface area contributed by atoms with Crippen LogP contribution in [0.5, 0.6) is 0 Å². The van der Waals surface area contributed by atoms with Crippen LogP contribution in [0.4, 0.5) is 0 Å². The highest BCUT2D eigenvalue weighted by Crippen LogP contribution is 2.43. The summed E-state index contributed by atoms with van der Waals surface area (Å²) in [5, 5.41) is 0. The van der Waals surface area contributed by atoms with E-state index in [9.17, 15) is 4.79 Å². The van der Waals surface area contributed by atoms with Gasteiger partial charge in [-0.3, -0.25) is 4.79 Å². The van der Waals surface area contributed by atoms with Gasteiger partial charge in [-0.25, -0.2) is 4.98 Å². The molecule has 2 atom stereocenters. The molecule has 2 aliphatic heterocycles. The van der Waals surface area contributed by atoms with E-state index in [1.54, 1.807) is 0 Å². The molecule has 1 aromatic heterocycles. The molecule has 2 bridgehead atoms. The number of fused-ring (bicyclic) bond motifs is 2. The Morgan fingerprint density at radius 1 is 1.15 bits per heavy atom. The molecule has 0 amide bonds. The Hall–Kier alpha value is -0.430. The van der Waals surface area contributed by atoms with E-state index < -0.39 is 0 Å². The molecule has 108 valence electrons. The Morgan fingerprint density at radius 2 is 1.80 bits per heavy atom. The minimum atomic E-state index is 0.0729. The lowest BCUT2D eigenvalue weighted by atomic mass is 9.90. The minimum absolute atomic E-state index is 0.0729. The smallest absolute Gasteiger partial charge is 0.264 e. The SMILES string of the molecule is CN1C2CCC1CC(c1nc(C3CC3)c(I)c(=O)[nH]1)C2. The van der Waals surface area contributed by atoms with Gasteiger partial charge in [-0.05, 0) is 68.2 Å². The van der Waals surface area contributed by atoms with Gasteiger partial charge in [-0.1, -0.05) is 0 Å². The molecule has 3 fully saturated rings. The molecule has 5 heteroatoms. The summed E-state index contributed by atoms with van der Waals surface area (Å²) in [6, 6.07) is 1.38. The zero-order chi connectivity index (χ0) is 13.9. The van der Waals surface area contributed by atoms with Crippen LogP contribution in [0.25, 0.3) is 0 Å². The number of hydrogen-bond acceptors (Lipinski definition) is 3. The molecular weight excluding hydrogens is 365 g/mol. The first-order valence-electron chi connectivity index (χ1n) is 7.65. The third kappa shape index (κ3) is 2.13. The van der Waals surface area contributed by atoms with Crippen molar-refractivity contribution in [1.29, 1.82) is 0 Å². The first-order chi connectivity index (χ1) is 9.63. The summed E-state index contributed by atoms with van der Waals surface area (Å²) in [6.45, 7) is 0. The number of aromatic amines is 1. The summed E-state index contributed by atoms with van der Waals surface area (Å²) >= 11 is 2.16. The van der Waals surface area contributed by atoms with E-state index in [0.717, 1.165) is 27.9 Å². The van der Waals surface area contributed by atoms with Crippen molar-refractivity contribution in [2.45, 2.75) is 62.4 Å². The van der Waals surface area contributed by atoms with Crippen molar-refractivity contribution in [2.24, 2.45) is 0 Å². The Morgan fingerprint density at radius 3 is 2.40 bits per heavy atom. The van der Waals surface area contributed by atoms with Gasteiger partial charge in [0.1, 0.15) is 5.82 Å². The topological polar surface area (TPSA) is 49.0 Å². The Labute approximate surface area is 132 Å². The normalized spacial score (nSPS) is 33.6. The van der Waals surface area contributed by atoms with Crippen molar-refractivity contribution in [3.8, 4) is 0 Å². The maximum absolute atomic E-state index is 12.2. The van der Waals surface area contributed by atoms with Gasteiger partial charge in [0.15, 0.2) is 0 Å². The van der Waals surface area contributed by atoms with Crippen LogP contribution >= 0.6 is 22.6 Å². The van der Waals surface area contributed by atoms with Crippen LogP contribution in [0, 0.1) is 3.57 Å². The number of rotatable bonds is 2. The number of H-pyrrole nitrogens is 1. The van der Waals surface area contributed by atoms with E-state index >= 15 is 0 Å². The molecule has 0 aromatic carbocycles. The molecule has 1 saturated carbocycles. The number of piperidine rings is 1. The van der Waals surface area contributed by atoms with E-state index in [-0.39, 0.29) is 5.56 Å². The van der Waals surface area contributed by atoms with Crippen molar-refractivity contribution >= 4 is 22.6 Å². The summed E-state index contributed by atoms with van der Waals surface area (Å²) in [6.07, 6.45) is 7.32. The summed E-state index contributed by atoms with van der Waals surface area (Å²) in [7, 11) is 2.25. The van der Waals surface area contributed by atoms with Crippen molar-refractivity contribution in [2.75, 3.05) is 7.05 Å². The van der Waals surface area contributed by atoms with E-state index in [4.69, 9.17) is 4.98 Å². The van der Waals surface area contributed by atoms with Crippen LogP contribution in [-0.2, 0) is 0 Å². The molecule has 0 spiro atoms. The van der Waals surface area contributed by atoms with Gasteiger partial charge in [-0.15, -0.1) is 0 Å². The second kappa shape index (κ2) is 4.80. The molecule has 2 saturated heterocycles. The monoisotopic (exact) mass is 385 g/mol. The van der Waals surface area contributed by atoms with E-state index in [0.29, 0.717) is 23.9 Å². The lowest BCUT2D eigenvalue weighted by molar-refractivity contribution is 0.158. The van der Waals surface area contributed by atoms with Gasteiger partial charge in [0, 0.05) is 23.9 Å². The fourth-order valence-corrected chi connectivity index (χ4v) is 4.65. The van der Waals surface area contributed by atoms with Gasteiger partial charge in [0.25, 0.3) is 5.56 Å². The van der Waals surface area contributed by atoms with Crippen molar-refractivity contribution in [3.05, 3.63) is 25.4 Å². The van der Waals surface area contributed by atoms with Crippen LogP contribution in [0.2, 0.25) is 0 Å². The third-order valence-electron chi connectivity index (χ3n) is 5.36. The second-order valence-corrected chi connectivity index (χ2v) is 7.72. The Balaban J connectivity index is 1.67. The van der Waals surface area contributed by atoms with Crippen LogP contribution in [-0.4, -0.2) is 34.0 Å². The van der Waals surface area contributed by atoms with Crippen LogP contribution in [0.1, 0.15) is 61.9 Å². The molecule has 1 aromatic rings. The number of aromatic nitrogens is 2. The van der Waals surface area contributed by atoms with Gasteiger partial charge in [-0.2, -0.15) is 0 Å². The molecule has 3 heterocycles. The molecule has 2 unspecified atom stereocenters. The number of hydrogen-bond donors (Lipinski definition) is 1. The highest BCUT2D eigenvalue weighted by molar-refractivity contribution is 14.1. The Bertz CT molecular complexity index is 581. The van der Waals surface area contributed by atoms with Crippen molar-refractivity contribution < 1.29 is 0 Å². The molecule has 3 aliphatic rings. The lowest BCUT2D eigenvalue weighted by Crippen LogP contribution is -2.40. The standard InChI is InChI=1S/C15H20IN3O/c1-19-10-4-5-11(19)7-9(6-10)14-17-13(8-2-3-8)12(16)15(20)18-14/h8-11H,2-7H2,1H3,(H,17,18,20). The van der Waals surface area contributed by atoms with Crippen LogP contribution < -0.4 is 5.56 Å². The molecule has 1 aliphatic carbocycles. The average Bonchev–Trinajstić information content (AvgIpc) is 3.23. The molecule has 20 heavy (non-hydrogen) atoms. The summed E-state index contributed by atoms with van der Waals surface area (Å²) in [4.78, 5) is 22.6. The van der Waals surface area contributed by atoms with Crippen LogP contribution in [0.3, 0.4) is 0 Å². The second-order valence-electron chi connectivity index (χ2n) is 6.64. The minimum Gasteiger partial charge on any atom is -0.309 e. The highest BCUT2D eigenvalue weighted by atomic mass is 127. The lowest BCUT2D eigenvalue weighted by Gasteiger charge is -2.35. The fraction of sp³-hybridized carbons (Fsp3) is 0.733. The highest BCUT2D eigenvalue weighted by Gasteiger charge is 2.40. The summed E-state index contributed by atoms with van der Waals surface area (Å²) in [5.41, 5.74) is 1.14. The Kier molecular flexibility index (Phi) is 3.18. The molecule has 1 N–H and O–H groups in total. The third-order valence-corrected chi connectivity index (χ3v) is 6.40. The van der Waals surface area contributed by atoms with E-state index in [2.05, 4.69) is 39.5 Å². The number of nitrogens with zero attached hydrogens (tertiary/aromatic N) is 2. The zero-order valence-corrected chi connectivity index (χ0v) is 13.9. The van der Waals surface area contributed by atoms with Crippen LogP contribution in [0.15, 0.2) is 4.79 Å². The summed E-state index contributed by atoms with van der Waals surface area (Å²) < 4.78 is 0.810. The maximum atomic E-state index is 12.2. The molecule has 0 radical (unpaired) electrons. The average molecular weight is 385 g/mol. The maximum Gasteiger partial charge on any atom is 0.264 e. The quantitative estimate of drug-likeness (QED) is 0.797. The summed E-state index contributed by atoms with van der Waals surface area (Å²) in [5.74, 6) is 1.96. The number of nitrogens with one attached hydrogen (secondary N) is 1. The predicted octanol–water partition coefficient (Wildman–Crippen LogP) is 2.59. The fourth-order valence-electron chi connectivity index (χ4n) is 3.95. The zero-order valence-electron chi connectivity index (χ0n) is 11.7. The van der Waals surface area contributed by atoms with E-state index in [1.807, 2.05) is 0 Å². The van der Waals surface area contributed by atoms with Gasteiger partial charge in [0.05, 0.1) is 9.26 Å². The molecule has 4 rings (SSSR count). The van der Waals surface area contributed by atoms with Crippen molar-refractivity contribution in [3.63, 3.8) is 0 Å². The van der Waals surface area contributed by atoms with Gasteiger partial charge < -0.3 is 9.88 Å². The van der Waals surface area contributed by atoms with Gasteiger partial charge >= 0.3 is 0 Å². The van der Waals surface area contributed by atoms with Crippen molar-refractivity contribution in [1.82, 2.24) is 14.9 Å². The first kappa shape index (κ1) is 13.2.